The van der Waals surface area contributed by atoms with Crippen LogP contribution in [0.25, 0.3) is 0 Å². The molecule has 0 aromatic heterocycles. The zero-order chi connectivity index (χ0) is 13.6. The third-order valence-corrected chi connectivity index (χ3v) is 5.51. The summed E-state index contributed by atoms with van der Waals surface area (Å²) in [6.45, 7) is 9.26. The van der Waals surface area contributed by atoms with Gasteiger partial charge in [-0.05, 0) is 34.8 Å². The van der Waals surface area contributed by atoms with Crippen molar-refractivity contribution < 1.29 is 4.74 Å². The van der Waals surface area contributed by atoms with Crippen molar-refractivity contribution in [2.45, 2.75) is 39.5 Å². The van der Waals surface area contributed by atoms with E-state index in [1.165, 1.54) is 5.56 Å². The second-order valence-electron chi connectivity index (χ2n) is 6.45. The highest BCUT2D eigenvalue weighted by Gasteiger charge is 2.66. The molecule has 100 valence electrons. The molecule has 2 heteroatoms. The molecule has 1 aromatic rings. The maximum atomic E-state index is 6.66. The molecule has 0 amide bonds. The maximum absolute atomic E-state index is 6.66. The molecule has 1 aromatic carbocycles. The van der Waals surface area contributed by atoms with Crippen LogP contribution in [0, 0.1) is 16.7 Å². The smallest absolute Gasteiger partial charge is 0.122 e. The zero-order valence-electron chi connectivity index (χ0n) is 12.0. The molecule has 0 aliphatic heterocycles. The molecular weight excluding hydrogens is 244 g/mol. The second kappa shape index (κ2) is 4.45. The van der Waals surface area contributed by atoms with Gasteiger partial charge >= 0.3 is 0 Å². The molecule has 18 heavy (non-hydrogen) atoms. The number of alkyl halides is 1. The van der Waals surface area contributed by atoms with Crippen LogP contribution in [0.3, 0.4) is 0 Å². The molecule has 0 spiro atoms. The van der Waals surface area contributed by atoms with Gasteiger partial charge in [-0.25, -0.2) is 0 Å². The Morgan fingerprint density at radius 3 is 2.22 bits per heavy atom. The molecule has 0 radical (unpaired) electrons. The topological polar surface area (TPSA) is 9.23 Å². The van der Waals surface area contributed by atoms with E-state index in [1.807, 2.05) is 18.2 Å². The van der Waals surface area contributed by atoms with Crippen LogP contribution in [0.4, 0.5) is 0 Å². The van der Waals surface area contributed by atoms with Crippen LogP contribution in [-0.2, 0) is 6.42 Å². The van der Waals surface area contributed by atoms with Gasteiger partial charge in [-0.3, -0.25) is 0 Å². The lowest BCUT2D eigenvalue weighted by atomic mass is 10.0. The molecule has 0 bridgehead atoms. The normalized spacial score (nSPS) is 22.6. The van der Waals surface area contributed by atoms with Crippen LogP contribution in [0.15, 0.2) is 24.3 Å². The van der Waals surface area contributed by atoms with Crippen molar-refractivity contribution in [3.8, 4) is 5.75 Å². The Hall–Kier alpha value is -0.690. The van der Waals surface area contributed by atoms with Gasteiger partial charge in [-0.2, -0.15) is 0 Å². The number of benzene rings is 1. The number of para-hydroxylation sites is 1. The number of hydrogen-bond acceptors (Lipinski definition) is 1. The van der Waals surface area contributed by atoms with E-state index in [4.69, 9.17) is 16.3 Å². The number of hydrogen-bond donors (Lipinski definition) is 0. The van der Waals surface area contributed by atoms with E-state index in [2.05, 4.69) is 33.8 Å². The van der Waals surface area contributed by atoms with Crippen LogP contribution in [0.2, 0.25) is 0 Å². The van der Waals surface area contributed by atoms with Gasteiger partial charge in [0.05, 0.1) is 7.11 Å². The predicted molar refractivity (Wildman–Crippen MR) is 77.4 cm³/mol. The third-order valence-electron chi connectivity index (χ3n) is 5.10. The van der Waals surface area contributed by atoms with E-state index in [-0.39, 0.29) is 5.38 Å². The highest BCUT2D eigenvalue weighted by molar-refractivity contribution is 6.21. The van der Waals surface area contributed by atoms with E-state index in [0.29, 0.717) is 16.7 Å². The average molecular weight is 267 g/mol. The van der Waals surface area contributed by atoms with E-state index in [1.54, 1.807) is 7.11 Å². The fraction of sp³-hybridized carbons (Fsp3) is 0.625. The molecule has 1 unspecified atom stereocenters. The van der Waals surface area contributed by atoms with Gasteiger partial charge in [0.25, 0.3) is 0 Å². The summed E-state index contributed by atoms with van der Waals surface area (Å²) < 4.78 is 5.39. The first kappa shape index (κ1) is 13.7. The summed E-state index contributed by atoms with van der Waals surface area (Å²) in [6.07, 6.45) is 0.878. The van der Waals surface area contributed by atoms with Crippen LogP contribution >= 0.6 is 11.6 Å². The van der Waals surface area contributed by atoms with Gasteiger partial charge < -0.3 is 4.74 Å². The van der Waals surface area contributed by atoms with Crippen molar-refractivity contribution in [2.75, 3.05) is 7.11 Å². The lowest BCUT2D eigenvalue weighted by molar-refractivity contribution is 0.408. The first-order valence-corrected chi connectivity index (χ1v) is 7.02. The molecule has 1 saturated carbocycles. The number of ether oxygens (including phenoxy) is 1. The Labute approximate surface area is 115 Å². The van der Waals surface area contributed by atoms with Gasteiger partial charge in [0, 0.05) is 5.38 Å². The standard InChI is InChI=1S/C16H23ClO/c1-15(2)14(16(15,3)4)12(17)10-11-8-6-7-9-13(11)18-5/h6-9,12,14H,10H2,1-5H3. The summed E-state index contributed by atoms with van der Waals surface area (Å²) >= 11 is 6.66. The third kappa shape index (κ3) is 2.03. The van der Waals surface area contributed by atoms with Crippen molar-refractivity contribution in [1.29, 1.82) is 0 Å². The minimum atomic E-state index is 0.172. The Morgan fingerprint density at radius 2 is 1.72 bits per heavy atom. The monoisotopic (exact) mass is 266 g/mol. The molecule has 1 atom stereocenters. The largest absolute Gasteiger partial charge is 0.496 e. The summed E-state index contributed by atoms with van der Waals surface area (Å²) in [7, 11) is 1.72. The summed E-state index contributed by atoms with van der Waals surface area (Å²) in [6, 6.07) is 8.15. The van der Waals surface area contributed by atoms with Crippen LogP contribution in [-0.4, -0.2) is 12.5 Å². The molecule has 2 rings (SSSR count). The Morgan fingerprint density at radius 1 is 1.17 bits per heavy atom. The zero-order valence-corrected chi connectivity index (χ0v) is 12.7. The quantitative estimate of drug-likeness (QED) is 0.728. The van der Waals surface area contributed by atoms with E-state index in [9.17, 15) is 0 Å². The molecule has 0 N–H and O–H groups in total. The van der Waals surface area contributed by atoms with Crippen molar-refractivity contribution in [3.63, 3.8) is 0 Å². The fourth-order valence-electron chi connectivity index (χ4n) is 3.35. The SMILES string of the molecule is COc1ccccc1CC(Cl)C1C(C)(C)C1(C)C. The van der Waals surface area contributed by atoms with Gasteiger partial charge in [-0.15, -0.1) is 11.6 Å². The van der Waals surface area contributed by atoms with Gasteiger partial charge in [0.2, 0.25) is 0 Å². The van der Waals surface area contributed by atoms with E-state index in [0.717, 1.165) is 12.2 Å². The lowest BCUT2D eigenvalue weighted by Crippen LogP contribution is -2.11. The molecule has 1 aliphatic carbocycles. The van der Waals surface area contributed by atoms with E-state index < -0.39 is 0 Å². The Bertz CT molecular complexity index is 422. The second-order valence-corrected chi connectivity index (χ2v) is 7.01. The van der Waals surface area contributed by atoms with Crippen molar-refractivity contribution in [3.05, 3.63) is 29.8 Å². The first-order chi connectivity index (χ1) is 8.32. The van der Waals surface area contributed by atoms with Crippen molar-refractivity contribution in [2.24, 2.45) is 16.7 Å². The van der Waals surface area contributed by atoms with Gasteiger partial charge in [0.15, 0.2) is 0 Å². The molecule has 1 nitrogen and oxygen atoms in total. The van der Waals surface area contributed by atoms with Crippen LogP contribution < -0.4 is 4.74 Å². The van der Waals surface area contributed by atoms with Crippen LogP contribution in [0.1, 0.15) is 33.3 Å². The predicted octanol–water partition coefficient (Wildman–Crippen LogP) is 4.53. The number of rotatable bonds is 4. The fourth-order valence-corrected chi connectivity index (χ4v) is 4.15. The summed E-state index contributed by atoms with van der Waals surface area (Å²) in [5.74, 6) is 1.51. The number of halogens is 1. The molecule has 0 saturated heterocycles. The molecule has 0 heterocycles. The number of methoxy groups -OCH3 is 1. The Balaban J connectivity index is 2.12. The molecule has 1 aliphatic rings. The highest BCUT2D eigenvalue weighted by atomic mass is 35.5. The Kier molecular flexibility index (Phi) is 3.40. The minimum absolute atomic E-state index is 0.172. The highest BCUT2D eigenvalue weighted by Crippen LogP contribution is 2.70. The first-order valence-electron chi connectivity index (χ1n) is 6.58. The average Bonchev–Trinajstić information content (AvgIpc) is 2.70. The van der Waals surface area contributed by atoms with Gasteiger partial charge in [0.1, 0.15) is 5.75 Å². The molecular formula is C16H23ClO. The lowest BCUT2D eigenvalue weighted by Gasteiger charge is -2.14. The van der Waals surface area contributed by atoms with E-state index >= 15 is 0 Å². The minimum Gasteiger partial charge on any atom is -0.496 e. The summed E-state index contributed by atoms with van der Waals surface area (Å²) in [5.41, 5.74) is 1.88. The van der Waals surface area contributed by atoms with Crippen LogP contribution in [0.5, 0.6) is 5.75 Å². The van der Waals surface area contributed by atoms with Crippen molar-refractivity contribution in [1.82, 2.24) is 0 Å². The maximum Gasteiger partial charge on any atom is 0.122 e. The summed E-state index contributed by atoms with van der Waals surface area (Å²) in [5, 5.41) is 0.172. The molecule has 1 fully saturated rings. The summed E-state index contributed by atoms with van der Waals surface area (Å²) in [4.78, 5) is 0. The van der Waals surface area contributed by atoms with Crippen molar-refractivity contribution >= 4 is 11.6 Å². The van der Waals surface area contributed by atoms with Gasteiger partial charge in [-0.1, -0.05) is 45.9 Å².